The molecular weight excluding hydrogens is 244 g/mol. The zero-order valence-corrected chi connectivity index (χ0v) is 12.3. The predicted molar refractivity (Wildman–Crippen MR) is 78.0 cm³/mol. The zero-order chi connectivity index (χ0) is 13.2. The molecule has 2 rings (SSSR count). The standard InChI is InChI=1S/C15H23ClN2/c1-4-15(3)11-17-12(2)9-18(15)10-13-5-7-14(16)8-6-13/h5-8,12,17H,4,9-11H2,1-3H3. The van der Waals surface area contributed by atoms with E-state index in [2.05, 4.69) is 43.1 Å². The fourth-order valence-corrected chi connectivity index (χ4v) is 2.66. The lowest BCUT2D eigenvalue weighted by atomic mass is 9.92. The maximum absolute atomic E-state index is 5.94. The van der Waals surface area contributed by atoms with Crippen molar-refractivity contribution in [3.8, 4) is 0 Å². The lowest BCUT2D eigenvalue weighted by molar-refractivity contribution is 0.0453. The normalized spacial score (nSPS) is 29.4. The van der Waals surface area contributed by atoms with Crippen LogP contribution in [0.5, 0.6) is 0 Å². The van der Waals surface area contributed by atoms with E-state index in [1.165, 1.54) is 12.0 Å². The highest BCUT2D eigenvalue weighted by Crippen LogP contribution is 2.25. The van der Waals surface area contributed by atoms with Crippen molar-refractivity contribution < 1.29 is 0 Å². The first-order valence-corrected chi connectivity index (χ1v) is 7.14. The summed E-state index contributed by atoms with van der Waals surface area (Å²) in [7, 11) is 0. The molecule has 3 heteroatoms. The molecule has 2 nitrogen and oxygen atoms in total. The molecule has 0 radical (unpaired) electrons. The molecule has 1 aromatic rings. The highest BCUT2D eigenvalue weighted by atomic mass is 35.5. The summed E-state index contributed by atoms with van der Waals surface area (Å²) < 4.78 is 0. The zero-order valence-electron chi connectivity index (χ0n) is 11.5. The Morgan fingerprint density at radius 2 is 2.06 bits per heavy atom. The SMILES string of the molecule is CCC1(C)CNC(C)CN1Cc1ccc(Cl)cc1. The lowest BCUT2D eigenvalue weighted by Gasteiger charge is -2.47. The van der Waals surface area contributed by atoms with Crippen LogP contribution in [0.2, 0.25) is 5.02 Å². The number of rotatable bonds is 3. The van der Waals surface area contributed by atoms with Crippen LogP contribution in [-0.4, -0.2) is 29.6 Å². The van der Waals surface area contributed by atoms with Gasteiger partial charge in [0.05, 0.1) is 0 Å². The van der Waals surface area contributed by atoms with Crippen LogP contribution in [0.25, 0.3) is 0 Å². The molecule has 0 amide bonds. The maximum atomic E-state index is 5.94. The molecule has 0 bridgehead atoms. The van der Waals surface area contributed by atoms with Gasteiger partial charge in [-0.05, 0) is 38.0 Å². The molecule has 0 spiro atoms. The van der Waals surface area contributed by atoms with E-state index in [-0.39, 0.29) is 5.54 Å². The second kappa shape index (κ2) is 5.60. The third-order valence-corrected chi connectivity index (χ3v) is 4.39. The van der Waals surface area contributed by atoms with E-state index in [1.54, 1.807) is 0 Å². The lowest BCUT2D eigenvalue weighted by Crippen LogP contribution is -2.61. The van der Waals surface area contributed by atoms with E-state index >= 15 is 0 Å². The minimum Gasteiger partial charge on any atom is -0.311 e. The average Bonchev–Trinajstić information content (AvgIpc) is 2.37. The number of hydrogen-bond donors (Lipinski definition) is 1. The number of nitrogens with one attached hydrogen (secondary N) is 1. The number of piperazine rings is 1. The second-order valence-corrected chi connectivity index (χ2v) is 6.08. The fraction of sp³-hybridized carbons (Fsp3) is 0.600. The third kappa shape index (κ3) is 3.05. The molecule has 1 N–H and O–H groups in total. The van der Waals surface area contributed by atoms with Gasteiger partial charge in [-0.2, -0.15) is 0 Å². The summed E-state index contributed by atoms with van der Waals surface area (Å²) in [5.74, 6) is 0. The van der Waals surface area contributed by atoms with Gasteiger partial charge >= 0.3 is 0 Å². The van der Waals surface area contributed by atoms with Gasteiger partial charge in [0.25, 0.3) is 0 Å². The summed E-state index contributed by atoms with van der Waals surface area (Å²) >= 11 is 5.94. The summed E-state index contributed by atoms with van der Waals surface area (Å²) in [5, 5.41) is 4.40. The first-order valence-electron chi connectivity index (χ1n) is 6.76. The first kappa shape index (κ1) is 13.9. The Kier molecular flexibility index (Phi) is 4.31. The Balaban J connectivity index is 2.11. The number of hydrogen-bond acceptors (Lipinski definition) is 2. The summed E-state index contributed by atoms with van der Waals surface area (Å²) in [6, 6.07) is 8.78. The van der Waals surface area contributed by atoms with E-state index in [0.717, 1.165) is 24.7 Å². The Labute approximate surface area is 115 Å². The minimum atomic E-state index is 0.256. The summed E-state index contributed by atoms with van der Waals surface area (Å²) in [6.07, 6.45) is 1.17. The molecule has 0 aromatic heterocycles. The van der Waals surface area contributed by atoms with E-state index in [1.807, 2.05) is 12.1 Å². The molecule has 1 aromatic carbocycles. The van der Waals surface area contributed by atoms with E-state index in [0.29, 0.717) is 6.04 Å². The van der Waals surface area contributed by atoms with Gasteiger partial charge in [0.2, 0.25) is 0 Å². The third-order valence-electron chi connectivity index (χ3n) is 4.14. The molecule has 1 aliphatic rings. The molecule has 0 saturated carbocycles. The average molecular weight is 267 g/mol. The van der Waals surface area contributed by atoms with Gasteiger partial charge in [-0.25, -0.2) is 0 Å². The van der Waals surface area contributed by atoms with E-state index in [9.17, 15) is 0 Å². The Morgan fingerprint density at radius 1 is 1.39 bits per heavy atom. The van der Waals surface area contributed by atoms with Gasteiger partial charge in [0, 0.05) is 36.2 Å². The number of halogens is 1. The van der Waals surface area contributed by atoms with Gasteiger partial charge in [-0.1, -0.05) is 30.7 Å². The molecule has 100 valence electrons. The molecule has 1 fully saturated rings. The van der Waals surface area contributed by atoms with Crippen molar-refractivity contribution >= 4 is 11.6 Å². The Morgan fingerprint density at radius 3 is 2.67 bits per heavy atom. The van der Waals surface area contributed by atoms with Crippen molar-refractivity contribution in [3.63, 3.8) is 0 Å². The molecule has 1 heterocycles. The number of nitrogens with zero attached hydrogens (tertiary/aromatic N) is 1. The monoisotopic (exact) mass is 266 g/mol. The molecule has 18 heavy (non-hydrogen) atoms. The van der Waals surface area contributed by atoms with Crippen LogP contribution in [-0.2, 0) is 6.54 Å². The van der Waals surface area contributed by atoms with Gasteiger partial charge in [0.15, 0.2) is 0 Å². The quantitative estimate of drug-likeness (QED) is 0.903. The Hall–Kier alpha value is -0.570. The van der Waals surface area contributed by atoms with Gasteiger partial charge < -0.3 is 5.32 Å². The molecule has 1 aliphatic heterocycles. The number of benzene rings is 1. The van der Waals surface area contributed by atoms with Crippen molar-refractivity contribution in [1.82, 2.24) is 10.2 Å². The summed E-state index contributed by atoms with van der Waals surface area (Å²) in [5.41, 5.74) is 1.60. The van der Waals surface area contributed by atoms with Crippen LogP contribution < -0.4 is 5.32 Å². The largest absolute Gasteiger partial charge is 0.311 e. The Bertz CT molecular complexity index is 390. The minimum absolute atomic E-state index is 0.256. The van der Waals surface area contributed by atoms with Crippen LogP contribution in [0.15, 0.2) is 24.3 Å². The van der Waals surface area contributed by atoms with Crippen LogP contribution in [0.4, 0.5) is 0 Å². The van der Waals surface area contributed by atoms with Crippen molar-refractivity contribution in [2.75, 3.05) is 13.1 Å². The van der Waals surface area contributed by atoms with Crippen LogP contribution >= 0.6 is 11.6 Å². The summed E-state index contributed by atoms with van der Waals surface area (Å²) in [6.45, 7) is 10.1. The molecule has 0 aliphatic carbocycles. The van der Waals surface area contributed by atoms with Gasteiger partial charge in [-0.3, -0.25) is 4.90 Å². The van der Waals surface area contributed by atoms with E-state index in [4.69, 9.17) is 11.6 Å². The molecule has 1 saturated heterocycles. The van der Waals surface area contributed by atoms with Crippen molar-refractivity contribution in [2.45, 2.75) is 45.3 Å². The fourth-order valence-electron chi connectivity index (χ4n) is 2.54. The highest BCUT2D eigenvalue weighted by molar-refractivity contribution is 6.30. The maximum Gasteiger partial charge on any atom is 0.0406 e. The van der Waals surface area contributed by atoms with Gasteiger partial charge in [-0.15, -0.1) is 0 Å². The smallest absolute Gasteiger partial charge is 0.0406 e. The molecule has 2 atom stereocenters. The second-order valence-electron chi connectivity index (χ2n) is 5.64. The molecular formula is C15H23ClN2. The van der Waals surface area contributed by atoms with Crippen LogP contribution in [0.3, 0.4) is 0 Å². The molecule has 2 unspecified atom stereocenters. The van der Waals surface area contributed by atoms with E-state index < -0.39 is 0 Å². The van der Waals surface area contributed by atoms with Gasteiger partial charge in [0.1, 0.15) is 0 Å². The topological polar surface area (TPSA) is 15.3 Å². The van der Waals surface area contributed by atoms with Crippen molar-refractivity contribution in [2.24, 2.45) is 0 Å². The van der Waals surface area contributed by atoms with Crippen molar-refractivity contribution in [1.29, 1.82) is 0 Å². The van der Waals surface area contributed by atoms with Crippen LogP contribution in [0.1, 0.15) is 32.8 Å². The highest BCUT2D eigenvalue weighted by Gasteiger charge is 2.34. The van der Waals surface area contributed by atoms with Crippen molar-refractivity contribution in [3.05, 3.63) is 34.9 Å². The summed E-state index contributed by atoms with van der Waals surface area (Å²) in [4.78, 5) is 2.59. The first-order chi connectivity index (χ1) is 8.53. The predicted octanol–water partition coefficient (Wildman–Crippen LogP) is 3.30. The van der Waals surface area contributed by atoms with Crippen LogP contribution in [0, 0.1) is 0 Å².